The van der Waals surface area contributed by atoms with Crippen molar-refractivity contribution in [1.29, 1.82) is 0 Å². The summed E-state index contributed by atoms with van der Waals surface area (Å²) in [5.41, 5.74) is 2.73. The third kappa shape index (κ3) is 4.80. The zero-order valence-corrected chi connectivity index (χ0v) is 19.4. The van der Waals surface area contributed by atoms with Gasteiger partial charge < -0.3 is 15.0 Å². The number of hydrogen-bond donors (Lipinski definition) is 2. The van der Waals surface area contributed by atoms with Crippen LogP contribution in [0.4, 0.5) is 5.69 Å². The lowest BCUT2D eigenvalue weighted by Gasteiger charge is -2.43. The summed E-state index contributed by atoms with van der Waals surface area (Å²) < 4.78 is 34.5. The second-order valence-electron chi connectivity index (χ2n) is 9.09. The van der Waals surface area contributed by atoms with Crippen molar-refractivity contribution in [3.05, 3.63) is 59.7 Å². The standard InChI is InChI=1S/C24H33N3O3S/c1-18-15-22(31(28,29)26-19(2)20-11-13-27(3)14-12-20)9-10-23(18)25-24(16-30-17-24)21-7-5-4-6-8-21/h4-10,15,19-20,25-26H,11-14,16-17H2,1-3H3. The third-order valence-electron chi connectivity index (χ3n) is 6.72. The molecule has 2 heterocycles. The van der Waals surface area contributed by atoms with Crippen molar-refractivity contribution in [2.45, 2.75) is 43.2 Å². The molecule has 6 nitrogen and oxygen atoms in total. The molecular formula is C24H33N3O3S. The van der Waals surface area contributed by atoms with Crippen LogP contribution in [0.2, 0.25) is 0 Å². The first kappa shape index (κ1) is 22.3. The Kier molecular flexibility index (Phi) is 6.40. The van der Waals surface area contributed by atoms with E-state index in [1.165, 1.54) is 5.56 Å². The predicted octanol–water partition coefficient (Wildman–Crippen LogP) is 3.34. The number of ether oxygens (including phenoxy) is 1. The molecule has 1 unspecified atom stereocenters. The molecule has 2 N–H and O–H groups in total. The Hall–Kier alpha value is -1.93. The quantitative estimate of drug-likeness (QED) is 0.687. The number of rotatable bonds is 7. The average molecular weight is 444 g/mol. The molecule has 2 saturated heterocycles. The molecule has 168 valence electrons. The van der Waals surface area contributed by atoms with Crippen molar-refractivity contribution in [1.82, 2.24) is 9.62 Å². The highest BCUT2D eigenvalue weighted by Gasteiger charge is 2.40. The zero-order valence-electron chi connectivity index (χ0n) is 18.6. The normalized spacial score (nSPS) is 20.7. The second-order valence-corrected chi connectivity index (χ2v) is 10.8. The fourth-order valence-electron chi connectivity index (χ4n) is 4.51. The summed E-state index contributed by atoms with van der Waals surface area (Å²) in [6.07, 6.45) is 2.04. The van der Waals surface area contributed by atoms with Crippen LogP contribution in [0.15, 0.2) is 53.4 Å². The lowest BCUT2D eigenvalue weighted by molar-refractivity contribution is -0.0447. The summed E-state index contributed by atoms with van der Waals surface area (Å²) in [6.45, 7) is 7.14. The first-order valence-electron chi connectivity index (χ1n) is 11.0. The van der Waals surface area contributed by atoms with Crippen molar-refractivity contribution in [2.24, 2.45) is 5.92 Å². The Bertz CT molecular complexity index is 998. The van der Waals surface area contributed by atoms with E-state index < -0.39 is 10.0 Å². The fraction of sp³-hybridized carbons (Fsp3) is 0.500. The molecule has 0 spiro atoms. The summed E-state index contributed by atoms with van der Waals surface area (Å²) >= 11 is 0. The molecule has 1 atom stereocenters. The molecule has 0 radical (unpaired) electrons. The molecule has 4 rings (SSSR count). The van der Waals surface area contributed by atoms with Crippen LogP contribution in [0.25, 0.3) is 0 Å². The van der Waals surface area contributed by atoms with E-state index in [9.17, 15) is 8.42 Å². The van der Waals surface area contributed by atoms with Gasteiger partial charge >= 0.3 is 0 Å². The lowest BCUT2D eigenvalue weighted by atomic mass is 9.87. The molecular weight excluding hydrogens is 410 g/mol. The van der Waals surface area contributed by atoms with Crippen LogP contribution >= 0.6 is 0 Å². The summed E-state index contributed by atoms with van der Waals surface area (Å²) in [5, 5.41) is 3.61. The molecule has 2 aliphatic rings. The van der Waals surface area contributed by atoms with E-state index in [2.05, 4.69) is 34.1 Å². The van der Waals surface area contributed by atoms with Gasteiger partial charge in [0.15, 0.2) is 0 Å². The van der Waals surface area contributed by atoms with Gasteiger partial charge in [-0.2, -0.15) is 0 Å². The largest absolute Gasteiger partial charge is 0.376 e. The molecule has 0 amide bonds. The van der Waals surface area contributed by atoms with Crippen LogP contribution in [-0.4, -0.2) is 52.7 Å². The van der Waals surface area contributed by atoms with Gasteiger partial charge in [-0.25, -0.2) is 13.1 Å². The molecule has 2 aromatic carbocycles. The molecule has 2 aliphatic heterocycles. The average Bonchev–Trinajstić information content (AvgIpc) is 2.72. The van der Waals surface area contributed by atoms with Crippen LogP contribution in [-0.2, 0) is 20.3 Å². The van der Waals surface area contributed by atoms with Crippen LogP contribution in [0.5, 0.6) is 0 Å². The maximum Gasteiger partial charge on any atom is 0.240 e. The van der Waals surface area contributed by atoms with Gasteiger partial charge in [0.2, 0.25) is 10.0 Å². The number of nitrogens with zero attached hydrogens (tertiary/aromatic N) is 1. The van der Waals surface area contributed by atoms with Crippen molar-refractivity contribution in [2.75, 3.05) is 38.7 Å². The second kappa shape index (κ2) is 8.90. The number of hydrogen-bond acceptors (Lipinski definition) is 5. The smallest absolute Gasteiger partial charge is 0.240 e. The minimum Gasteiger partial charge on any atom is -0.376 e. The fourth-order valence-corrected chi connectivity index (χ4v) is 5.91. The van der Waals surface area contributed by atoms with E-state index in [0.717, 1.165) is 37.2 Å². The van der Waals surface area contributed by atoms with Crippen molar-refractivity contribution >= 4 is 15.7 Å². The molecule has 7 heteroatoms. The van der Waals surface area contributed by atoms with E-state index in [1.807, 2.05) is 38.1 Å². The number of nitrogens with one attached hydrogen (secondary N) is 2. The van der Waals surface area contributed by atoms with E-state index in [-0.39, 0.29) is 11.6 Å². The first-order chi connectivity index (χ1) is 14.8. The van der Waals surface area contributed by atoms with Crippen molar-refractivity contribution < 1.29 is 13.2 Å². The van der Waals surface area contributed by atoms with E-state index in [4.69, 9.17) is 4.74 Å². The Morgan fingerprint density at radius 2 is 1.77 bits per heavy atom. The number of benzene rings is 2. The number of sulfonamides is 1. The molecule has 0 saturated carbocycles. The van der Waals surface area contributed by atoms with E-state index >= 15 is 0 Å². The van der Waals surface area contributed by atoms with Gasteiger partial charge in [0.25, 0.3) is 0 Å². The molecule has 2 fully saturated rings. The zero-order chi connectivity index (χ0) is 22.1. The maximum atomic E-state index is 13.0. The SMILES string of the molecule is Cc1cc(S(=O)(=O)NC(C)C2CCN(C)CC2)ccc1NC1(c2ccccc2)COC1. The van der Waals surface area contributed by atoms with Gasteiger partial charge in [-0.3, -0.25) is 0 Å². The Morgan fingerprint density at radius 1 is 1.10 bits per heavy atom. The van der Waals surface area contributed by atoms with Crippen LogP contribution in [0, 0.1) is 12.8 Å². The lowest BCUT2D eigenvalue weighted by Crippen LogP contribution is -2.53. The Morgan fingerprint density at radius 3 is 2.35 bits per heavy atom. The highest BCUT2D eigenvalue weighted by atomic mass is 32.2. The molecule has 0 aromatic heterocycles. The number of piperidine rings is 1. The highest BCUT2D eigenvalue weighted by molar-refractivity contribution is 7.89. The monoisotopic (exact) mass is 443 g/mol. The van der Waals surface area contributed by atoms with Gasteiger partial charge in [-0.05, 0) is 82.1 Å². The summed E-state index contributed by atoms with van der Waals surface area (Å²) in [5.74, 6) is 0.373. The van der Waals surface area contributed by atoms with Crippen LogP contribution < -0.4 is 10.0 Å². The van der Waals surface area contributed by atoms with Crippen LogP contribution in [0.3, 0.4) is 0 Å². The van der Waals surface area contributed by atoms with Gasteiger partial charge in [-0.15, -0.1) is 0 Å². The number of likely N-dealkylation sites (tertiary alicyclic amines) is 1. The molecule has 0 bridgehead atoms. The summed E-state index contributed by atoms with van der Waals surface area (Å²) in [4.78, 5) is 2.61. The molecule has 0 aliphatic carbocycles. The van der Waals surface area contributed by atoms with E-state index in [1.54, 1.807) is 12.1 Å². The van der Waals surface area contributed by atoms with Crippen molar-refractivity contribution in [3.8, 4) is 0 Å². The minimum absolute atomic E-state index is 0.0784. The minimum atomic E-state index is -3.57. The van der Waals surface area contributed by atoms with Gasteiger partial charge in [0, 0.05) is 11.7 Å². The maximum absolute atomic E-state index is 13.0. The molecule has 2 aromatic rings. The van der Waals surface area contributed by atoms with Gasteiger partial charge in [0.1, 0.15) is 5.54 Å². The highest BCUT2D eigenvalue weighted by Crippen LogP contribution is 2.35. The Labute approximate surface area is 186 Å². The van der Waals surface area contributed by atoms with Crippen LogP contribution in [0.1, 0.15) is 30.9 Å². The molecule has 31 heavy (non-hydrogen) atoms. The number of aryl methyl sites for hydroxylation is 1. The van der Waals surface area contributed by atoms with E-state index in [0.29, 0.717) is 24.0 Å². The summed E-state index contributed by atoms with van der Waals surface area (Å²) in [6, 6.07) is 15.5. The third-order valence-corrected chi connectivity index (χ3v) is 8.27. The van der Waals surface area contributed by atoms with Crippen molar-refractivity contribution in [3.63, 3.8) is 0 Å². The first-order valence-corrected chi connectivity index (χ1v) is 12.5. The number of anilines is 1. The summed E-state index contributed by atoms with van der Waals surface area (Å²) in [7, 11) is -1.45. The van der Waals surface area contributed by atoms with Gasteiger partial charge in [-0.1, -0.05) is 30.3 Å². The topological polar surface area (TPSA) is 70.7 Å². The Balaban J connectivity index is 1.48. The predicted molar refractivity (Wildman–Crippen MR) is 124 cm³/mol. The van der Waals surface area contributed by atoms with Gasteiger partial charge in [0.05, 0.1) is 18.1 Å².